The van der Waals surface area contributed by atoms with Gasteiger partial charge in [0.15, 0.2) is 0 Å². The summed E-state index contributed by atoms with van der Waals surface area (Å²) >= 11 is 0. The van der Waals surface area contributed by atoms with Crippen LogP contribution in [-0.2, 0) is 4.74 Å². The minimum Gasteiger partial charge on any atom is -0.369 e. The van der Waals surface area contributed by atoms with E-state index in [0.29, 0.717) is 11.8 Å². The molecular weight excluding hydrogens is 174 g/mol. The topological polar surface area (TPSA) is 35.2 Å². The largest absolute Gasteiger partial charge is 0.369 e. The van der Waals surface area contributed by atoms with E-state index in [-0.39, 0.29) is 17.2 Å². The van der Waals surface area contributed by atoms with Gasteiger partial charge in [0.25, 0.3) is 0 Å². The first kappa shape index (κ1) is 12.0. The molecule has 0 saturated carbocycles. The van der Waals surface area contributed by atoms with Gasteiger partial charge in [-0.15, -0.1) is 0 Å². The molecule has 0 amide bonds. The third kappa shape index (κ3) is 2.29. The Bertz CT molecular complexity index is 208. The van der Waals surface area contributed by atoms with Crippen LogP contribution in [0, 0.1) is 11.8 Å². The molecule has 0 aromatic rings. The maximum atomic E-state index is 6.24. The van der Waals surface area contributed by atoms with Crippen LogP contribution in [0.3, 0.4) is 0 Å². The molecule has 2 atom stereocenters. The molecule has 2 nitrogen and oxygen atoms in total. The molecule has 2 N–H and O–H groups in total. The minimum atomic E-state index is -0.0762. The molecule has 14 heavy (non-hydrogen) atoms. The van der Waals surface area contributed by atoms with E-state index in [9.17, 15) is 0 Å². The molecule has 2 heteroatoms. The second-order valence-electron chi connectivity index (χ2n) is 6.10. The zero-order valence-electron chi connectivity index (χ0n) is 10.4. The van der Waals surface area contributed by atoms with Gasteiger partial charge in [-0.3, -0.25) is 0 Å². The van der Waals surface area contributed by atoms with Gasteiger partial charge in [-0.25, -0.2) is 0 Å². The fourth-order valence-electron chi connectivity index (χ4n) is 2.67. The van der Waals surface area contributed by atoms with E-state index in [1.54, 1.807) is 0 Å². The molecule has 1 saturated heterocycles. The Balaban J connectivity index is 2.80. The number of nitrogens with two attached hydrogens (primary N) is 1. The number of hydrogen-bond acceptors (Lipinski definition) is 2. The summed E-state index contributed by atoms with van der Waals surface area (Å²) in [7, 11) is 0. The first-order chi connectivity index (χ1) is 6.16. The van der Waals surface area contributed by atoms with Crippen molar-refractivity contribution in [3.05, 3.63) is 0 Å². The fraction of sp³-hybridized carbons (Fsp3) is 1.00. The van der Waals surface area contributed by atoms with Crippen LogP contribution in [0.25, 0.3) is 0 Å². The van der Waals surface area contributed by atoms with Crippen LogP contribution in [0.15, 0.2) is 0 Å². The molecule has 84 valence electrons. The highest BCUT2D eigenvalue weighted by molar-refractivity contribution is 4.99. The molecule has 0 aromatic carbocycles. The lowest BCUT2D eigenvalue weighted by Crippen LogP contribution is -2.44. The van der Waals surface area contributed by atoms with Crippen LogP contribution in [0.1, 0.15) is 48.0 Å². The number of rotatable bonds is 2. The van der Waals surface area contributed by atoms with Crippen LogP contribution in [0.4, 0.5) is 0 Å². The molecule has 0 aliphatic carbocycles. The SMILES string of the molecule is CC(C)C(N)C1CC(C)(C)OC1(C)C. The number of hydrogen-bond donors (Lipinski definition) is 1. The van der Waals surface area contributed by atoms with Crippen LogP contribution in [0.2, 0.25) is 0 Å². The van der Waals surface area contributed by atoms with Gasteiger partial charge >= 0.3 is 0 Å². The van der Waals surface area contributed by atoms with E-state index in [2.05, 4.69) is 41.5 Å². The molecule has 1 rings (SSSR count). The van der Waals surface area contributed by atoms with Gasteiger partial charge in [-0.2, -0.15) is 0 Å². The van der Waals surface area contributed by atoms with E-state index in [1.165, 1.54) is 0 Å². The third-order valence-corrected chi connectivity index (χ3v) is 3.38. The van der Waals surface area contributed by atoms with Crippen LogP contribution < -0.4 is 5.73 Å². The second kappa shape index (κ2) is 3.49. The number of ether oxygens (including phenoxy) is 1. The molecule has 1 fully saturated rings. The molecule has 2 unspecified atom stereocenters. The quantitative estimate of drug-likeness (QED) is 0.742. The summed E-state index contributed by atoms with van der Waals surface area (Å²) in [6.07, 6.45) is 1.07. The molecule has 0 aromatic heterocycles. The van der Waals surface area contributed by atoms with Crippen molar-refractivity contribution in [1.82, 2.24) is 0 Å². The van der Waals surface area contributed by atoms with Crippen molar-refractivity contribution in [2.75, 3.05) is 0 Å². The van der Waals surface area contributed by atoms with E-state index < -0.39 is 0 Å². The highest BCUT2D eigenvalue weighted by Gasteiger charge is 2.48. The Morgan fingerprint density at radius 3 is 2.00 bits per heavy atom. The normalized spacial score (nSPS) is 32.1. The summed E-state index contributed by atoms with van der Waals surface area (Å²) in [5, 5.41) is 0. The molecule has 1 heterocycles. The van der Waals surface area contributed by atoms with Gasteiger partial charge in [0.05, 0.1) is 11.2 Å². The van der Waals surface area contributed by atoms with Crippen LogP contribution in [0.5, 0.6) is 0 Å². The lowest BCUT2D eigenvalue weighted by Gasteiger charge is -2.32. The molecule has 1 aliphatic rings. The minimum absolute atomic E-state index is 0.0132. The standard InChI is InChI=1S/C12H25NO/c1-8(2)10(13)9-7-11(3,4)14-12(9,5)6/h8-10H,7,13H2,1-6H3. The van der Waals surface area contributed by atoms with Crippen molar-refractivity contribution >= 4 is 0 Å². The fourth-order valence-corrected chi connectivity index (χ4v) is 2.67. The third-order valence-electron chi connectivity index (χ3n) is 3.38. The summed E-state index contributed by atoms with van der Waals surface area (Å²) < 4.78 is 6.04. The van der Waals surface area contributed by atoms with Crippen molar-refractivity contribution in [2.24, 2.45) is 17.6 Å². The van der Waals surface area contributed by atoms with Gasteiger partial charge < -0.3 is 10.5 Å². The Hall–Kier alpha value is -0.0800. The van der Waals surface area contributed by atoms with Crippen molar-refractivity contribution in [3.8, 4) is 0 Å². The van der Waals surface area contributed by atoms with Crippen molar-refractivity contribution in [3.63, 3.8) is 0 Å². The highest BCUT2D eigenvalue weighted by atomic mass is 16.5. The zero-order chi connectivity index (χ0) is 11.1. The Labute approximate surface area is 88.2 Å². The van der Waals surface area contributed by atoms with Crippen LogP contribution in [-0.4, -0.2) is 17.2 Å². The van der Waals surface area contributed by atoms with Crippen molar-refractivity contribution in [1.29, 1.82) is 0 Å². The first-order valence-corrected chi connectivity index (χ1v) is 5.61. The Morgan fingerprint density at radius 2 is 1.71 bits per heavy atom. The molecule has 0 radical (unpaired) electrons. The monoisotopic (exact) mass is 199 g/mol. The second-order valence-corrected chi connectivity index (χ2v) is 6.10. The summed E-state index contributed by atoms with van der Waals surface area (Å²) in [4.78, 5) is 0. The van der Waals surface area contributed by atoms with Gasteiger partial charge in [0, 0.05) is 12.0 Å². The smallest absolute Gasteiger partial charge is 0.0677 e. The van der Waals surface area contributed by atoms with E-state index in [4.69, 9.17) is 10.5 Å². The molecule has 0 spiro atoms. The maximum Gasteiger partial charge on any atom is 0.0677 e. The predicted octanol–water partition coefficient (Wildman–Crippen LogP) is 2.56. The lowest BCUT2D eigenvalue weighted by atomic mass is 9.78. The van der Waals surface area contributed by atoms with Gasteiger partial charge in [0.1, 0.15) is 0 Å². The highest BCUT2D eigenvalue weighted by Crippen LogP contribution is 2.44. The average Bonchev–Trinajstić information content (AvgIpc) is 2.17. The van der Waals surface area contributed by atoms with E-state index in [0.717, 1.165) is 6.42 Å². The summed E-state index contributed by atoms with van der Waals surface area (Å²) in [5.74, 6) is 0.995. The summed E-state index contributed by atoms with van der Waals surface area (Å²) in [5.41, 5.74) is 6.15. The van der Waals surface area contributed by atoms with Crippen molar-refractivity contribution in [2.45, 2.75) is 65.2 Å². The summed E-state index contributed by atoms with van der Waals surface area (Å²) in [6.45, 7) is 13.0. The van der Waals surface area contributed by atoms with E-state index >= 15 is 0 Å². The average molecular weight is 199 g/mol. The first-order valence-electron chi connectivity index (χ1n) is 5.61. The maximum absolute atomic E-state index is 6.24. The Kier molecular flexibility index (Phi) is 2.99. The van der Waals surface area contributed by atoms with Gasteiger partial charge in [-0.05, 0) is 40.0 Å². The summed E-state index contributed by atoms with van der Waals surface area (Å²) in [6, 6.07) is 0.242. The van der Waals surface area contributed by atoms with Crippen LogP contribution >= 0.6 is 0 Å². The molecule has 0 bridgehead atoms. The Morgan fingerprint density at radius 1 is 1.21 bits per heavy atom. The van der Waals surface area contributed by atoms with E-state index in [1.807, 2.05) is 0 Å². The predicted molar refractivity (Wildman–Crippen MR) is 60.2 cm³/mol. The van der Waals surface area contributed by atoms with Crippen molar-refractivity contribution < 1.29 is 4.74 Å². The van der Waals surface area contributed by atoms with Gasteiger partial charge in [-0.1, -0.05) is 13.8 Å². The van der Waals surface area contributed by atoms with Gasteiger partial charge in [0.2, 0.25) is 0 Å². The lowest BCUT2D eigenvalue weighted by molar-refractivity contribution is -0.0777. The zero-order valence-corrected chi connectivity index (χ0v) is 10.4. The molecule has 1 aliphatic heterocycles. The molecular formula is C12H25NO.